The van der Waals surface area contributed by atoms with Crippen LogP contribution in [-0.2, 0) is 0 Å². The Morgan fingerprint density at radius 1 is 1.00 bits per heavy atom. The van der Waals surface area contributed by atoms with E-state index in [0.717, 1.165) is 16.7 Å². The van der Waals surface area contributed by atoms with Crippen LogP contribution in [0.2, 0.25) is 0 Å². The van der Waals surface area contributed by atoms with Crippen molar-refractivity contribution >= 4 is 0 Å². The van der Waals surface area contributed by atoms with E-state index in [4.69, 9.17) is 0 Å². The van der Waals surface area contributed by atoms with Crippen molar-refractivity contribution in [2.45, 2.75) is 65.2 Å². The second kappa shape index (κ2) is 4.26. The van der Waals surface area contributed by atoms with Gasteiger partial charge in [-0.2, -0.15) is 0 Å². The summed E-state index contributed by atoms with van der Waals surface area (Å²) < 4.78 is 0. The van der Waals surface area contributed by atoms with Crippen molar-refractivity contribution in [1.82, 2.24) is 4.90 Å². The van der Waals surface area contributed by atoms with Crippen LogP contribution in [0.5, 0.6) is 0 Å². The molecular formula is C16H29N. The lowest BCUT2D eigenvalue weighted by Crippen LogP contribution is -2.48. The molecule has 0 bridgehead atoms. The third-order valence-electron chi connectivity index (χ3n) is 6.20. The van der Waals surface area contributed by atoms with Crippen LogP contribution in [0.25, 0.3) is 0 Å². The van der Waals surface area contributed by atoms with Gasteiger partial charge in [-0.3, -0.25) is 0 Å². The molecular weight excluding hydrogens is 206 g/mol. The lowest BCUT2D eigenvalue weighted by Gasteiger charge is -2.52. The lowest BCUT2D eigenvalue weighted by molar-refractivity contribution is -0.0188. The first kappa shape index (κ1) is 12.0. The highest BCUT2D eigenvalue weighted by Crippen LogP contribution is 2.55. The van der Waals surface area contributed by atoms with Crippen molar-refractivity contribution in [1.29, 1.82) is 0 Å². The molecule has 1 nitrogen and oxygen atoms in total. The number of hydrogen-bond acceptors (Lipinski definition) is 1. The van der Waals surface area contributed by atoms with Crippen molar-refractivity contribution in [2.24, 2.45) is 16.7 Å². The van der Waals surface area contributed by atoms with Crippen molar-refractivity contribution in [2.75, 3.05) is 19.6 Å². The van der Waals surface area contributed by atoms with Gasteiger partial charge < -0.3 is 4.90 Å². The van der Waals surface area contributed by atoms with E-state index >= 15 is 0 Å². The lowest BCUT2D eigenvalue weighted by atomic mass is 9.57. The average Bonchev–Trinajstić information content (AvgIpc) is 3.08. The molecule has 3 rings (SSSR count). The molecule has 1 saturated heterocycles. The molecule has 2 saturated carbocycles. The van der Waals surface area contributed by atoms with Gasteiger partial charge in [0.25, 0.3) is 0 Å². The Kier molecular flexibility index (Phi) is 3.01. The van der Waals surface area contributed by atoms with Gasteiger partial charge in [0.2, 0.25) is 0 Å². The molecule has 0 unspecified atom stereocenters. The molecule has 1 spiro atoms. The van der Waals surface area contributed by atoms with Gasteiger partial charge in [0.1, 0.15) is 0 Å². The molecule has 0 aromatic carbocycles. The van der Waals surface area contributed by atoms with E-state index in [1.54, 1.807) is 12.8 Å². The summed E-state index contributed by atoms with van der Waals surface area (Å²) in [5.74, 6) is 1.08. The fraction of sp³-hybridized carbons (Fsp3) is 1.00. The Bertz CT molecular complexity index is 263. The molecule has 1 aliphatic heterocycles. The van der Waals surface area contributed by atoms with Gasteiger partial charge in [-0.05, 0) is 74.8 Å². The zero-order chi connectivity index (χ0) is 11.9. The molecule has 1 heteroatoms. The minimum Gasteiger partial charge on any atom is -0.303 e. The van der Waals surface area contributed by atoms with Gasteiger partial charge in [-0.1, -0.05) is 20.3 Å². The van der Waals surface area contributed by atoms with Crippen molar-refractivity contribution in [3.63, 3.8) is 0 Å². The van der Waals surface area contributed by atoms with Gasteiger partial charge >= 0.3 is 0 Å². The Labute approximate surface area is 107 Å². The van der Waals surface area contributed by atoms with Gasteiger partial charge in [-0.25, -0.2) is 0 Å². The second-order valence-corrected chi connectivity index (χ2v) is 7.31. The minimum atomic E-state index is 0.760. The monoisotopic (exact) mass is 235 g/mol. The summed E-state index contributed by atoms with van der Waals surface area (Å²) in [4.78, 5) is 2.78. The maximum atomic E-state index is 2.78. The van der Waals surface area contributed by atoms with Crippen LogP contribution in [0.4, 0.5) is 0 Å². The van der Waals surface area contributed by atoms with Gasteiger partial charge in [0, 0.05) is 6.54 Å². The van der Waals surface area contributed by atoms with Crippen LogP contribution in [0.15, 0.2) is 0 Å². The van der Waals surface area contributed by atoms with Crippen molar-refractivity contribution in [3.05, 3.63) is 0 Å². The Morgan fingerprint density at radius 3 is 2.12 bits per heavy atom. The number of rotatable bonds is 4. The van der Waals surface area contributed by atoms with E-state index in [-0.39, 0.29) is 0 Å². The summed E-state index contributed by atoms with van der Waals surface area (Å²) in [6.07, 6.45) is 11.9. The zero-order valence-corrected chi connectivity index (χ0v) is 11.8. The van der Waals surface area contributed by atoms with E-state index in [1.165, 1.54) is 58.2 Å². The quantitative estimate of drug-likeness (QED) is 0.710. The van der Waals surface area contributed by atoms with Crippen LogP contribution in [0.1, 0.15) is 65.2 Å². The normalized spacial score (nSPS) is 31.4. The molecule has 3 aliphatic rings. The summed E-state index contributed by atoms with van der Waals surface area (Å²) in [6, 6.07) is 0. The van der Waals surface area contributed by atoms with E-state index in [9.17, 15) is 0 Å². The first-order valence-electron chi connectivity index (χ1n) is 7.92. The number of nitrogens with zero attached hydrogens (tertiary/aromatic N) is 1. The fourth-order valence-electron chi connectivity index (χ4n) is 4.32. The van der Waals surface area contributed by atoms with Crippen molar-refractivity contribution in [3.8, 4) is 0 Å². The molecule has 0 atom stereocenters. The van der Waals surface area contributed by atoms with Gasteiger partial charge in [0.15, 0.2) is 0 Å². The maximum Gasteiger partial charge on any atom is 0.00379 e. The molecule has 2 aliphatic carbocycles. The maximum absolute atomic E-state index is 2.78. The number of likely N-dealkylation sites (tertiary alicyclic amines) is 1. The molecule has 0 amide bonds. The number of piperidine rings is 1. The van der Waals surface area contributed by atoms with Crippen LogP contribution in [0, 0.1) is 16.7 Å². The summed E-state index contributed by atoms with van der Waals surface area (Å²) in [7, 11) is 0. The van der Waals surface area contributed by atoms with Crippen molar-refractivity contribution < 1.29 is 0 Å². The molecule has 0 N–H and O–H groups in total. The van der Waals surface area contributed by atoms with Crippen LogP contribution < -0.4 is 0 Å². The van der Waals surface area contributed by atoms with E-state index < -0.39 is 0 Å². The second-order valence-electron chi connectivity index (χ2n) is 7.31. The molecule has 0 radical (unpaired) electrons. The molecule has 0 aromatic heterocycles. The largest absolute Gasteiger partial charge is 0.303 e. The summed E-state index contributed by atoms with van der Waals surface area (Å²) >= 11 is 0. The highest BCUT2D eigenvalue weighted by atomic mass is 15.1. The number of hydrogen-bond donors (Lipinski definition) is 0. The standard InChI is InChI=1S/C16H29N/c1-3-14-11-16(12-14)7-9-17(10-8-16)13-15(4-2)5-6-15/h14H,3-13H2,1-2H3. The highest BCUT2D eigenvalue weighted by molar-refractivity contribution is 4.99. The average molecular weight is 235 g/mol. The van der Waals surface area contributed by atoms with E-state index in [0.29, 0.717) is 0 Å². The molecule has 0 aromatic rings. The summed E-state index contributed by atoms with van der Waals surface area (Å²) in [5, 5.41) is 0. The van der Waals surface area contributed by atoms with Crippen LogP contribution in [-0.4, -0.2) is 24.5 Å². The minimum absolute atomic E-state index is 0.760. The predicted molar refractivity (Wildman–Crippen MR) is 73.1 cm³/mol. The summed E-state index contributed by atoms with van der Waals surface area (Å²) in [6.45, 7) is 8.97. The van der Waals surface area contributed by atoms with Crippen LogP contribution in [0.3, 0.4) is 0 Å². The Morgan fingerprint density at radius 2 is 1.65 bits per heavy atom. The topological polar surface area (TPSA) is 3.24 Å². The molecule has 3 fully saturated rings. The Hall–Kier alpha value is -0.0400. The third-order valence-corrected chi connectivity index (χ3v) is 6.20. The van der Waals surface area contributed by atoms with Gasteiger partial charge in [0.05, 0.1) is 0 Å². The summed E-state index contributed by atoms with van der Waals surface area (Å²) in [5.41, 5.74) is 1.57. The molecule has 17 heavy (non-hydrogen) atoms. The predicted octanol–water partition coefficient (Wildman–Crippen LogP) is 4.08. The van der Waals surface area contributed by atoms with Gasteiger partial charge in [-0.15, -0.1) is 0 Å². The van der Waals surface area contributed by atoms with E-state index in [1.807, 2.05) is 0 Å². The zero-order valence-electron chi connectivity index (χ0n) is 11.8. The first-order valence-corrected chi connectivity index (χ1v) is 7.92. The molecule has 98 valence electrons. The first-order chi connectivity index (χ1) is 8.19. The highest BCUT2D eigenvalue weighted by Gasteiger charge is 2.47. The smallest absolute Gasteiger partial charge is 0.00379 e. The fourth-order valence-corrected chi connectivity index (χ4v) is 4.32. The third kappa shape index (κ3) is 2.28. The van der Waals surface area contributed by atoms with Crippen LogP contribution >= 0.6 is 0 Å². The molecule has 1 heterocycles. The van der Waals surface area contributed by atoms with E-state index in [2.05, 4.69) is 18.7 Å². The Balaban J connectivity index is 1.45. The SMILES string of the molecule is CCC1CC2(CCN(CC3(CC)CC3)CC2)C1.